The number of carboxylic acids is 1. The maximum absolute atomic E-state index is 12.4. The number of aromatic carboxylic acids is 1. The summed E-state index contributed by atoms with van der Waals surface area (Å²) in [7, 11) is 0. The molecule has 3 heterocycles. The van der Waals surface area contributed by atoms with Crippen LogP contribution in [-0.2, 0) is 10.4 Å². The van der Waals surface area contributed by atoms with E-state index in [9.17, 15) is 14.7 Å². The molecule has 2 aliphatic heterocycles. The van der Waals surface area contributed by atoms with Crippen LogP contribution in [0.1, 0.15) is 41.7 Å². The first-order valence-electron chi connectivity index (χ1n) is 10.6. The van der Waals surface area contributed by atoms with E-state index >= 15 is 0 Å². The molecule has 0 bridgehead atoms. The number of thioether (sulfide) groups is 1. The predicted octanol–water partition coefficient (Wildman–Crippen LogP) is 2.91. The molecule has 4 rings (SSSR count). The Balaban J connectivity index is 1.27. The average Bonchev–Trinajstić information content (AvgIpc) is 3.38. The number of benzene rings is 1. The standard InChI is InChI=1S/C22H27N3O4S2/c26-19-7-6-17(25(19)12-13-30-21-23-18(15-31-21)20(27)28)14-24-10-8-22(29,9-11-24)16-4-2-1-3-5-16/h1-5,15,17,29H,6-14H2,(H,27,28). The van der Waals surface area contributed by atoms with Gasteiger partial charge >= 0.3 is 5.97 Å². The van der Waals surface area contributed by atoms with E-state index in [1.165, 1.54) is 23.1 Å². The van der Waals surface area contributed by atoms with E-state index in [0.717, 1.165) is 36.0 Å². The summed E-state index contributed by atoms with van der Waals surface area (Å²) in [5.41, 5.74) is 0.294. The third kappa shape index (κ3) is 5.28. The molecule has 2 fully saturated rings. The minimum absolute atomic E-state index is 0.0724. The molecule has 2 saturated heterocycles. The van der Waals surface area contributed by atoms with Crippen molar-refractivity contribution in [1.82, 2.24) is 14.8 Å². The minimum Gasteiger partial charge on any atom is -0.476 e. The van der Waals surface area contributed by atoms with Gasteiger partial charge in [-0.2, -0.15) is 0 Å². The highest BCUT2D eigenvalue weighted by Crippen LogP contribution is 2.33. The maximum Gasteiger partial charge on any atom is 0.355 e. The molecule has 1 aromatic carbocycles. The fourth-order valence-corrected chi connectivity index (χ4v) is 6.19. The second-order valence-corrected chi connectivity index (χ2v) is 10.3. The van der Waals surface area contributed by atoms with Gasteiger partial charge in [0.25, 0.3) is 0 Å². The zero-order chi connectivity index (χ0) is 21.8. The SMILES string of the molecule is O=C(O)c1csc(SCCN2C(=O)CCC2CN2CCC(O)(c3ccccc3)CC2)n1. The Morgan fingerprint density at radius 3 is 2.68 bits per heavy atom. The Bertz CT molecular complexity index is 912. The van der Waals surface area contributed by atoms with Crippen LogP contribution < -0.4 is 0 Å². The van der Waals surface area contributed by atoms with E-state index in [-0.39, 0.29) is 17.6 Å². The number of carboxylic acid groups (broad SMARTS) is 1. The Kier molecular flexibility index (Phi) is 6.95. The first kappa shape index (κ1) is 22.3. The smallest absolute Gasteiger partial charge is 0.355 e. The molecule has 2 aliphatic rings. The van der Waals surface area contributed by atoms with Crippen LogP contribution in [0.15, 0.2) is 40.1 Å². The van der Waals surface area contributed by atoms with Gasteiger partial charge in [0.2, 0.25) is 5.91 Å². The summed E-state index contributed by atoms with van der Waals surface area (Å²) in [6, 6.07) is 10.1. The van der Waals surface area contributed by atoms with Crippen molar-refractivity contribution in [3.8, 4) is 0 Å². The van der Waals surface area contributed by atoms with Gasteiger partial charge in [0.1, 0.15) is 0 Å². The van der Waals surface area contributed by atoms with Crippen molar-refractivity contribution in [2.45, 2.75) is 41.7 Å². The summed E-state index contributed by atoms with van der Waals surface area (Å²) in [5.74, 6) is -0.130. The van der Waals surface area contributed by atoms with E-state index in [0.29, 0.717) is 31.6 Å². The number of thiazole rings is 1. The molecule has 166 valence electrons. The van der Waals surface area contributed by atoms with Crippen LogP contribution in [0, 0.1) is 0 Å². The highest BCUT2D eigenvalue weighted by atomic mass is 32.2. The van der Waals surface area contributed by atoms with Crippen LogP contribution in [0.4, 0.5) is 0 Å². The van der Waals surface area contributed by atoms with Gasteiger partial charge in [0, 0.05) is 49.8 Å². The quantitative estimate of drug-likeness (QED) is 0.584. The van der Waals surface area contributed by atoms with Crippen molar-refractivity contribution in [2.75, 3.05) is 31.9 Å². The Morgan fingerprint density at radius 1 is 1.26 bits per heavy atom. The van der Waals surface area contributed by atoms with E-state index < -0.39 is 11.6 Å². The number of nitrogens with zero attached hydrogens (tertiary/aromatic N) is 3. The highest BCUT2D eigenvalue weighted by Gasteiger charge is 2.37. The van der Waals surface area contributed by atoms with Gasteiger partial charge in [0.05, 0.1) is 5.60 Å². The molecular weight excluding hydrogens is 434 g/mol. The van der Waals surface area contributed by atoms with E-state index in [1.807, 2.05) is 35.2 Å². The molecule has 0 saturated carbocycles. The van der Waals surface area contributed by atoms with Crippen LogP contribution >= 0.6 is 23.1 Å². The van der Waals surface area contributed by atoms with E-state index in [2.05, 4.69) is 9.88 Å². The second kappa shape index (κ2) is 9.68. The molecule has 9 heteroatoms. The van der Waals surface area contributed by atoms with Crippen molar-refractivity contribution in [3.05, 3.63) is 47.0 Å². The molecule has 2 N–H and O–H groups in total. The number of amides is 1. The van der Waals surface area contributed by atoms with Crippen LogP contribution in [0.5, 0.6) is 0 Å². The number of carbonyl (C=O) groups excluding carboxylic acids is 1. The highest BCUT2D eigenvalue weighted by molar-refractivity contribution is 8.01. The lowest BCUT2D eigenvalue weighted by molar-refractivity contribution is -0.129. The molecule has 1 amide bonds. The number of hydrogen-bond donors (Lipinski definition) is 2. The fourth-order valence-electron chi connectivity index (χ4n) is 4.38. The zero-order valence-corrected chi connectivity index (χ0v) is 18.9. The molecular formula is C22H27N3O4S2. The fraction of sp³-hybridized carbons (Fsp3) is 0.500. The number of aromatic nitrogens is 1. The molecule has 1 atom stereocenters. The number of rotatable bonds is 8. The lowest BCUT2D eigenvalue weighted by Crippen LogP contribution is -2.48. The topological polar surface area (TPSA) is 94.0 Å². The van der Waals surface area contributed by atoms with Gasteiger partial charge in [-0.25, -0.2) is 9.78 Å². The van der Waals surface area contributed by atoms with Gasteiger partial charge < -0.3 is 20.0 Å². The molecule has 1 aromatic heterocycles. The first-order chi connectivity index (χ1) is 14.9. The normalized spacial score (nSPS) is 21.5. The number of carbonyl (C=O) groups is 2. The summed E-state index contributed by atoms with van der Waals surface area (Å²) < 4.78 is 0.719. The lowest BCUT2D eigenvalue weighted by atomic mass is 9.84. The molecule has 31 heavy (non-hydrogen) atoms. The third-order valence-electron chi connectivity index (χ3n) is 6.18. The molecule has 0 aliphatic carbocycles. The van der Waals surface area contributed by atoms with E-state index in [1.54, 1.807) is 5.38 Å². The summed E-state index contributed by atoms with van der Waals surface area (Å²) >= 11 is 2.82. The monoisotopic (exact) mass is 461 g/mol. The van der Waals surface area contributed by atoms with Gasteiger partial charge in [-0.1, -0.05) is 42.1 Å². The van der Waals surface area contributed by atoms with E-state index in [4.69, 9.17) is 5.11 Å². The molecule has 7 nitrogen and oxygen atoms in total. The molecule has 2 aromatic rings. The number of aliphatic hydroxyl groups is 1. The summed E-state index contributed by atoms with van der Waals surface area (Å²) in [4.78, 5) is 31.8. The van der Waals surface area contributed by atoms with Crippen molar-refractivity contribution >= 4 is 35.0 Å². The van der Waals surface area contributed by atoms with Gasteiger partial charge in [-0.05, 0) is 24.8 Å². The summed E-state index contributed by atoms with van der Waals surface area (Å²) in [5, 5.41) is 21.6. The van der Waals surface area contributed by atoms with Crippen molar-refractivity contribution in [1.29, 1.82) is 0 Å². The molecule has 0 spiro atoms. The molecule has 0 radical (unpaired) electrons. The van der Waals surface area contributed by atoms with Gasteiger partial charge in [-0.15, -0.1) is 11.3 Å². The summed E-state index contributed by atoms with van der Waals surface area (Å²) in [6.45, 7) is 3.10. The Hall–Kier alpha value is -1.94. The second-order valence-electron chi connectivity index (χ2n) is 8.13. The average molecular weight is 462 g/mol. The van der Waals surface area contributed by atoms with Gasteiger partial charge in [-0.3, -0.25) is 4.79 Å². The maximum atomic E-state index is 12.4. The Labute approximate surface area is 190 Å². The third-order valence-corrected chi connectivity index (χ3v) is 8.18. The number of likely N-dealkylation sites (tertiary alicyclic amines) is 2. The summed E-state index contributed by atoms with van der Waals surface area (Å²) in [6.07, 6.45) is 2.84. The van der Waals surface area contributed by atoms with Crippen molar-refractivity contribution < 1.29 is 19.8 Å². The van der Waals surface area contributed by atoms with Crippen LogP contribution in [0.25, 0.3) is 0 Å². The predicted molar refractivity (Wildman–Crippen MR) is 121 cm³/mol. The van der Waals surface area contributed by atoms with Crippen LogP contribution in [0.3, 0.4) is 0 Å². The molecule has 1 unspecified atom stereocenters. The van der Waals surface area contributed by atoms with Crippen molar-refractivity contribution in [2.24, 2.45) is 0 Å². The largest absolute Gasteiger partial charge is 0.476 e. The minimum atomic E-state index is -1.02. The van der Waals surface area contributed by atoms with Crippen LogP contribution in [-0.4, -0.2) is 74.8 Å². The first-order valence-corrected chi connectivity index (χ1v) is 12.4. The number of piperidine rings is 1. The zero-order valence-electron chi connectivity index (χ0n) is 17.3. The number of hydrogen-bond acceptors (Lipinski definition) is 7. The van der Waals surface area contributed by atoms with Crippen molar-refractivity contribution in [3.63, 3.8) is 0 Å². The van der Waals surface area contributed by atoms with Crippen LogP contribution in [0.2, 0.25) is 0 Å². The Morgan fingerprint density at radius 2 is 2.00 bits per heavy atom. The van der Waals surface area contributed by atoms with Gasteiger partial charge in [0.15, 0.2) is 10.0 Å². The lowest BCUT2D eigenvalue weighted by Gasteiger charge is -2.40.